The van der Waals surface area contributed by atoms with Gasteiger partial charge in [0.25, 0.3) is 0 Å². The molecular formula is C5H7ClO2. The molecule has 0 rings (SSSR count). The van der Waals surface area contributed by atoms with Gasteiger partial charge >= 0.3 is 0 Å². The number of carbonyl (C=O) groups excluding carboxylic acids is 1. The van der Waals surface area contributed by atoms with E-state index < -0.39 is 5.38 Å². The van der Waals surface area contributed by atoms with Crippen LogP contribution < -0.4 is 0 Å². The van der Waals surface area contributed by atoms with Crippen LogP contribution in [0.25, 0.3) is 0 Å². The average molecular weight is 135 g/mol. The highest BCUT2D eigenvalue weighted by atomic mass is 35.5. The zero-order valence-electron chi connectivity index (χ0n) is 4.52. The van der Waals surface area contributed by atoms with Gasteiger partial charge in [0.2, 0.25) is 0 Å². The van der Waals surface area contributed by atoms with Crippen LogP contribution >= 0.6 is 11.6 Å². The maximum absolute atomic E-state index is 10.2. The van der Waals surface area contributed by atoms with Gasteiger partial charge in [-0.2, -0.15) is 0 Å². The Morgan fingerprint density at radius 3 is 2.25 bits per heavy atom. The van der Waals surface area contributed by atoms with Gasteiger partial charge in [0.15, 0.2) is 5.78 Å². The molecule has 0 saturated carbocycles. The van der Waals surface area contributed by atoms with Crippen molar-refractivity contribution < 1.29 is 9.90 Å². The Hall–Kier alpha value is -0.500. The number of ketones is 1. The molecule has 1 unspecified atom stereocenters. The Morgan fingerprint density at radius 1 is 1.88 bits per heavy atom. The molecule has 3 heteroatoms. The summed E-state index contributed by atoms with van der Waals surface area (Å²) in [7, 11) is 0. The van der Waals surface area contributed by atoms with E-state index in [2.05, 4.69) is 6.58 Å². The summed E-state index contributed by atoms with van der Waals surface area (Å²) in [6, 6.07) is 0. The molecule has 0 aromatic heterocycles. The first kappa shape index (κ1) is 7.50. The van der Waals surface area contributed by atoms with E-state index in [0.717, 1.165) is 0 Å². The second kappa shape index (κ2) is 2.72. The van der Waals surface area contributed by atoms with E-state index in [4.69, 9.17) is 16.7 Å². The van der Waals surface area contributed by atoms with E-state index in [0.29, 0.717) is 0 Å². The fraction of sp³-hybridized carbons (Fsp3) is 0.400. The molecule has 0 aromatic carbocycles. The Morgan fingerprint density at radius 2 is 2.25 bits per heavy atom. The van der Waals surface area contributed by atoms with E-state index in [1.807, 2.05) is 0 Å². The van der Waals surface area contributed by atoms with Crippen molar-refractivity contribution in [3.05, 3.63) is 12.3 Å². The third-order valence-corrected chi connectivity index (χ3v) is 1.21. The molecule has 1 atom stereocenters. The predicted molar refractivity (Wildman–Crippen MR) is 32.1 cm³/mol. The molecule has 0 saturated heterocycles. The van der Waals surface area contributed by atoms with Crippen molar-refractivity contribution in [1.82, 2.24) is 0 Å². The third kappa shape index (κ3) is 1.98. The summed E-state index contributed by atoms with van der Waals surface area (Å²) >= 11 is 5.25. The molecule has 1 N–H and O–H groups in total. The fourth-order valence-electron chi connectivity index (χ4n) is 0.235. The normalized spacial score (nSPS) is 12.8. The number of Topliss-reactive ketones (excluding diaryl/α,β-unsaturated/α-hetero) is 1. The highest BCUT2D eigenvalue weighted by Gasteiger charge is 2.11. The molecule has 0 fully saturated rings. The first-order valence-electron chi connectivity index (χ1n) is 2.08. The predicted octanol–water partition coefficient (Wildman–Crippen LogP) is 1.25. The van der Waals surface area contributed by atoms with Crippen molar-refractivity contribution in [2.45, 2.75) is 12.3 Å². The van der Waals surface area contributed by atoms with E-state index in [1.54, 1.807) is 0 Å². The Labute approximate surface area is 52.8 Å². The number of aliphatic hydroxyl groups excluding tert-OH is 1. The van der Waals surface area contributed by atoms with Crippen LogP contribution in [0.3, 0.4) is 0 Å². The van der Waals surface area contributed by atoms with E-state index >= 15 is 0 Å². The average Bonchev–Trinajstić information content (AvgIpc) is 1.64. The van der Waals surface area contributed by atoms with Crippen LogP contribution in [-0.4, -0.2) is 16.3 Å². The summed E-state index contributed by atoms with van der Waals surface area (Å²) in [6.07, 6.45) is 0. The maximum Gasteiger partial charge on any atom is 0.155 e. The number of allylic oxidation sites excluding steroid dienone is 1. The van der Waals surface area contributed by atoms with Crippen LogP contribution in [0.2, 0.25) is 0 Å². The minimum atomic E-state index is -0.935. The van der Waals surface area contributed by atoms with Gasteiger partial charge in [-0.3, -0.25) is 4.79 Å². The summed E-state index contributed by atoms with van der Waals surface area (Å²) in [5.41, 5.74) is 0. The molecule has 2 nitrogen and oxygen atoms in total. The van der Waals surface area contributed by atoms with Gasteiger partial charge in [0, 0.05) is 0 Å². The van der Waals surface area contributed by atoms with E-state index in [9.17, 15) is 4.79 Å². The van der Waals surface area contributed by atoms with Crippen LogP contribution in [0.1, 0.15) is 6.92 Å². The second-order valence-corrected chi connectivity index (χ2v) is 1.90. The topological polar surface area (TPSA) is 37.3 Å². The number of hydrogen-bond acceptors (Lipinski definition) is 2. The molecule has 0 spiro atoms. The van der Waals surface area contributed by atoms with E-state index in [1.165, 1.54) is 6.92 Å². The van der Waals surface area contributed by atoms with Crippen molar-refractivity contribution in [2.75, 3.05) is 0 Å². The number of hydrogen-bond donors (Lipinski definition) is 1. The lowest BCUT2D eigenvalue weighted by Crippen LogP contribution is -2.11. The van der Waals surface area contributed by atoms with Crippen LogP contribution in [0.4, 0.5) is 0 Å². The zero-order valence-corrected chi connectivity index (χ0v) is 5.27. The largest absolute Gasteiger partial charge is 0.511 e. The summed E-state index contributed by atoms with van der Waals surface area (Å²) in [4.78, 5) is 10.2. The molecule has 0 aromatic rings. The third-order valence-electron chi connectivity index (χ3n) is 0.649. The fourth-order valence-corrected chi connectivity index (χ4v) is 0.235. The van der Waals surface area contributed by atoms with Gasteiger partial charge in [0.1, 0.15) is 11.1 Å². The minimum absolute atomic E-state index is 0.292. The van der Waals surface area contributed by atoms with Crippen molar-refractivity contribution >= 4 is 17.4 Å². The lowest BCUT2D eigenvalue weighted by atomic mass is 10.3. The van der Waals surface area contributed by atoms with Gasteiger partial charge in [-0.05, 0) is 6.92 Å². The van der Waals surface area contributed by atoms with Crippen molar-refractivity contribution in [2.24, 2.45) is 0 Å². The maximum atomic E-state index is 10.2. The molecule has 0 aliphatic carbocycles. The molecule has 0 aliphatic heterocycles. The second-order valence-electron chi connectivity index (χ2n) is 1.46. The van der Waals surface area contributed by atoms with Gasteiger partial charge < -0.3 is 5.11 Å². The van der Waals surface area contributed by atoms with Gasteiger partial charge in [0.05, 0.1) is 0 Å². The summed E-state index contributed by atoms with van der Waals surface area (Å²) in [6.45, 7) is 4.37. The molecule has 0 radical (unpaired) electrons. The Kier molecular flexibility index (Phi) is 2.55. The highest BCUT2D eigenvalue weighted by molar-refractivity contribution is 6.32. The van der Waals surface area contributed by atoms with Crippen molar-refractivity contribution in [3.8, 4) is 0 Å². The van der Waals surface area contributed by atoms with E-state index in [-0.39, 0.29) is 11.5 Å². The molecule has 46 valence electrons. The summed E-state index contributed by atoms with van der Waals surface area (Å²) < 4.78 is 0. The first-order chi connectivity index (χ1) is 3.55. The SMILES string of the molecule is C=C(O)C(Cl)C(C)=O. The molecule has 0 bridgehead atoms. The van der Waals surface area contributed by atoms with Crippen LogP contribution in [0.5, 0.6) is 0 Å². The number of halogens is 1. The van der Waals surface area contributed by atoms with Gasteiger partial charge in [-0.1, -0.05) is 6.58 Å². The molecule has 8 heavy (non-hydrogen) atoms. The minimum Gasteiger partial charge on any atom is -0.511 e. The Balaban J connectivity index is 3.83. The number of carbonyl (C=O) groups is 1. The molecule has 0 heterocycles. The van der Waals surface area contributed by atoms with Gasteiger partial charge in [-0.15, -0.1) is 11.6 Å². The molecular weight excluding hydrogens is 128 g/mol. The smallest absolute Gasteiger partial charge is 0.155 e. The molecule has 0 aliphatic rings. The number of aliphatic hydroxyl groups is 1. The summed E-state index contributed by atoms with van der Waals surface area (Å²) in [5, 5.41) is 7.51. The summed E-state index contributed by atoms with van der Waals surface area (Å²) in [5.74, 6) is -0.585. The van der Waals surface area contributed by atoms with Crippen LogP contribution in [0.15, 0.2) is 12.3 Å². The monoisotopic (exact) mass is 134 g/mol. The highest BCUT2D eigenvalue weighted by Crippen LogP contribution is 2.04. The lowest BCUT2D eigenvalue weighted by molar-refractivity contribution is -0.116. The van der Waals surface area contributed by atoms with Crippen molar-refractivity contribution in [1.29, 1.82) is 0 Å². The lowest BCUT2D eigenvalue weighted by Gasteiger charge is -1.99. The van der Waals surface area contributed by atoms with Crippen LogP contribution in [-0.2, 0) is 4.79 Å². The van der Waals surface area contributed by atoms with Crippen molar-refractivity contribution in [3.63, 3.8) is 0 Å². The Bertz CT molecular complexity index is 106. The number of rotatable bonds is 2. The first-order valence-corrected chi connectivity index (χ1v) is 2.51. The standard InChI is InChI=1S/C5H7ClO2/c1-3(7)5(6)4(2)8/h5,7H,1H2,2H3. The van der Waals surface area contributed by atoms with Crippen LogP contribution in [0, 0.1) is 0 Å². The quantitative estimate of drug-likeness (QED) is 0.456. The molecule has 0 amide bonds. The number of alkyl halides is 1. The van der Waals surface area contributed by atoms with Gasteiger partial charge in [-0.25, -0.2) is 0 Å². The zero-order chi connectivity index (χ0) is 6.73.